The lowest BCUT2D eigenvalue weighted by atomic mass is 10.2. The molecule has 1 aromatic heterocycles. The summed E-state index contributed by atoms with van der Waals surface area (Å²) in [6.45, 7) is 2.47. The second-order valence-electron chi connectivity index (χ2n) is 3.56. The van der Waals surface area contributed by atoms with Crippen molar-refractivity contribution in [3.8, 4) is 0 Å². The Bertz CT molecular complexity index is 520. The Kier molecular flexibility index (Phi) is 3.67. The molecule has 1 N–H and O–H groups in total. The SMILES string of the molecule is CCOCC(=O)Nc1cccc2ncccc12. The van der Waals surface area contributed by atoms with Crippen molar-refractivity contribution in [2.24, 2.45) is 0 Å². The van der Waals surface area contributed by atoms with Gasteiger partial charge in [0.1, 0.15) is 6.61 Å². The van der Waals surface area contributed by atoms with Crippen LogP contribution in [0.4, 0.5) is 5.69 Å². The maximum Gasteiger partial charge on any atom is 0.250 e. The third-order valence-corrected chi connectivity index (χ3v) is 2.36. The van der Waals surface area contributed by atoms with Crippen LogP contribution in [-0.4, -0.2) is 24.1 Å². The molecule has 4 nitrogen and oxygen atoms in total. The van der Waals surface area contributed by atoms with Crippen molar-refractivity contribution in [3.63, 3.8) is 0 Å². The standard InChI is InChI=1S/C13H14N2O2/c1-2-17-9-13(16)15-12-7-3-6-11-10(12)5-4-8-14-11/h3-8H,2,9H2,1H3,(H,15,16). The fourth-order valence-electron chi connectivity index (χ4n) is 1.59. The van der Waals surface area contributed by atoms with E-state index in [9.17, 15) is 4.79 Å². The first-order valence-electron chi connectivity index (χ1n) is 5.52. The number of nitrogens with one attached hydrogen (secondary N) is 1. The second-order valence-corrected chi connectivity index (χ2v) is 3.56. The molecule has 0 aliphatic heterocycles. The number of anilines is 1. The summed E-state index contributed by atoms with van der Waals surface area (Å²) in [6, 6.07) is 9.41. The number of benzene rings is 1. The van der Waals surface area contributed by atoms with E-state index in [4.69, 9.17) is 4.74 Å². The van der Waals surface area contributed by atoms with Gasteiger partial charge in [0, 0.05) is 18.2 Å². The van der Waals surface area contributed by atoms with E-state index in [-0.39, 0.29) is 12.5 Å². The zero-order chi connectivity index (χ0) is 12.1. The smallest absolute Gasteiger partial charge is 0.250 e. The van der Waals surface area contributed by atoms with E-state index in [2.05, 4.69) is 10.3 Å². The van der Waals surface area contributed by atoms with Gasteiger partial charge >= 0.3 is 0 Å². The number of hydrogen-bond donors (Lipinski definition) is 1. The van der Waals surface area contributed by atoms with Crippen molar-refractivity contribution >= 4 is 22.5 Å². The third-order valence-electron chi connectivity index (χ3n) is 2.36. The minimum atomic E-state index is -0.150. The van der Waals surface area contributed by atoms with E-state index in [1.807, 2.05) is 37.3 Å². The molecule has 0 radical (unpaired) electrons. The van der Waals surface area contributed by atoms with E-state index in [0.29, 0.717) is 6.61 Å². The van der Waals surface area contributed by atoms with Crippen LogP contribution in [0.5, 0.6) is 0 Å². The Labute approximate surface area is 99.6 Å². The Morgan fingerprint density at radius 1 is 1.35 bits per heavy atom. The quantitative estimate of drug-likeness (QED) is 0.876. The van der Waals surface area contributed by atoms with Crippen LogP contribution in [0, 0.1) is 0 Å². The molecule has 0 fully saturated rings. The van der Waals surface area contributed by atoms with Crippen molar-refractivity contribution in [1.29, 1.82) is 0 Å². The third kappa shape index (κ3) is 2.79. The topological polar surface area (TPSA) is 51.2 Å². The summed E-state index contributed by atoms with van der Waals surface area (Å²) in [5.74, 6) is -0.150. The number of amides is 1. The van der Waals surface area contributed by atoms with Gasteiger partial charge in [0.2, 0.25) is 5.91 Å². The lowest BCUT2D eigenvalue weighted by Gasteiger charge is -2.07. The number of carbonyl (C=O) groups is 1. The zero-order valence-corrected chi connectivity index (χ0v) is 9.64. The summed E-state index contributed by atoms with van der Waals surface area (Å²) >= 11 is 0. The van der Waals surface area contributed by atoms with Gasteiger partial charge in [-0.05, 0) is 31.2 Å². The molecular weight excluding hydrogens is 216 g/mol. The largest absolute Gasteiger partial charge is 0.372 e. The van der Waals surface area contributed by atoms with Crippen LogP contribution in [-0.2, 0) is 9.53 Å². The van der Waals surface area contributed by atoms with Gasteiger partial charge in [0.05, 0.1) is 11.2 Å². The molecule has 1 amide bonds. The molecule has 0 saturated carbocycles. The molecule has 0 atom stereocenters. The average Bonchev–Trinajstić information content (AvgIpc) is 2.37. The van der Waals surface area contributed by atoms with Crippen LogP contribution in [0.2, 0.25) is 0 Å². The number of pyridine rings is 1. The molecule has 0 unspecified atom stereocenters. The maximum absolute atomic E-state index is 11.6. The molecule has 0 saturated heterocycles. The van der Waals surface area contributed by atoms with Crippen LogP contribution in [0.1, 0.15) is 6.92 Å². The molecule has 0 aliphatic rings. The Morgan fingerprint density at radius 2 is 2.24 bits per heavy atom. The minimum absolute atomic E-state index is 0.0765. The van der Waals surface area contributed by atoms with Crippen molar-refractivity contribution in [3.05, 3.63) is 36.5 Å². The molecule has 0 spiro atoms. The summed E-state index contributed by atoms with van der Waals surface area (Å²) in [7, 11) is 0. The van der Waals surface area contributed by atoms with Crippen molar-refractivity contribution in [2.75, 3.05) is 18.5 Å². The molecule has 2 aromatic rings. The fourth-order valence-corrected chi connectivity index (χ4v) is 1.59. The lowest BCUT2D eigenvalue weighted by Crippen LogP contribution is -2.18. The average molecular weight is 230 g/mol. The molecule has 2 rings (SSSR count). The predicted octanol–water partition coefficient (Wildman–Crippen LogP) is 2.21. The van der Waals surface area contributed by atoms with Crippen LogP contribution in [0.3, 0.4) is 0 Å². The van der Waals surface area contributed by atoms with Crippen LogP contribution < -0.4 is 5.32 Å². The van der Waals surface area contributed by atoms with Crippen LogP contribution in [0.25, 0.3) is 10.9 Å². The van der Waals surface area contributed by atoms with Crippen LogP contribution >= 0.6 is 0 Å². The minimum Gasteiger partial charge on any atom is -0.372 e. The highest BCUT2D eigenvalue weighted by Crippen LogP contribution is 2.20. The van der Waals surface area contributed by atoms with Gasteiger partial charge < -0.3 is 10.1 Å². The maximum atomic E-state index is 11.6. The van der Waals surface area contributed by atoms with E-state index in [1.54, 1.807) is 6.20 Å². The first-order valence-corrected chi connectivity index (χ1v) is 5.52. The number of ether oxygens (including phenoxy) is 1. The van der Waals surface area contributed by atoms with E-state index in [0.717, 1.165) is 16.6 Å². The summed E-state index contributed by atoms with van der Waals surface area (Å²) in [4.78, 5) is 15.8. The first-order chi connectivity index (χ1) is 8.31. The molecular formula is C13H14N2O2. The Hall–Kier alpha value is -1.94. The predicted molar refractivity (Wildman–Crippen MR) is 66.9 cm³/mol. The normalized spacial score (nSPS) is 10.4. The molecule has 17 heavy (non-hydrogen) atoms. The van der Waals surface area contributed by atoms with Crippen LogP contribution in [0.15, 0.2) is 36.5 Å². The van der Waals surface area contributed by atoms with Gasteiger partial charge in [-0.2, -0.15) is 0 Å². The summed E-state index contributed by atoms with van der Waals surface area (Å²) in [5.41, 5.74) is 1.63. The monoisotopic (exact) mass is 230 g/mol. The molecule has 0 aliphatic carbocycles. The molecule has 4 heteroatoms. The molecule has 88 valence electrons. The summed E-state index contributed by atoms with van der Waals surface area (Å²) in [6.07, 6.45) is 1.73. The van der Waals surface area contributed by atoms with Gasteiger partial charge in [0.15, 0.2) is 0 Å². The number of carbonyl (C=O) groups excluding carboxylic acids is 1. The summed E-state index contributed by atoms with van der Waals surface area (Å²) in [5, 5.41) is 3.75. The van der Waals surface area contributed by atoms with Crippen molar-refractivity contribution in [1.82, 2.24) is 4.98 Å². The van der Waals surface area contributed by atoms with Gasteiger partial charge in [-0.25, -0.2) is 0 Å². The number of aromatic nitrogens is 1. The zero-order valence-electron chi connectivity index (χ0n) is 9.64. The highest BCUT2D eigenvalue weighted by molar-refractivity contribution is 6.01. The number of rotatable bonds is 4. The van der Waals surface area contributed by atoms with E-state index < -0.39 is 0 Å². The molecule has 0 bridgehead atoms. The van der Waals surface area contributed by atoms with Gasteiger partial charge in [-0.1, -0.05) is 6.07 Å². The number of fused-ring (bicyclic) bond motifs is 1. The van der Waals surface area contributed by atoms with Gasteiger partial charge in [0.25, 0.3) is 0 Å². The van der Waals surface area contributed by atoms with Crippen molar-refractivity contribution in [2.45, 2.75) is 6.92 Å². The van der Waals surface area contributed by atoms with Crippen molar-refractivity contribution < 1.29 is 9.53 Å². The number of hydrogen-bond acceptors (Lipinski definition) is 3. The molecule has 1 heterocycles. The fraction of sp³-hybridized carbons (Fsp3) is 0.231. The van der Waals surface area contributed by atoms with Gasteiger partial charge in [-0.15, -0.1) is 0 Å². The highest BCUT2D eigenvalue weighted by atomic mass is 16.5. The van der Waals surface area contributed by atoms with Gasteiger partial charge in [-0.3, -0.25) is 9.78 Å². The van der Waals surface area contributed by atoms with E-state index >= 15 is 0 Å². The number of nitrogens with zero attached hydrogens (tertiary/aromatic N) is 1. The summed E-state index contributed by atoms with van der Waals surface area (Å²) < 4.78 is 5.05. The highest BCUT2D eigenvalue weighted by Gasteiger charge is 2.05. The first kappa shape index (κ1) is 11.5. The Balaban J connectivity index is 2.21. The Morgan fingerprint density at radius 3 is 3.06 bits per heavy atom. The van der Waals surface area contributed by atoms with E-state index in [1.165, 1.54) is 0 Å². The lowest BCUT2D eigenvalue weighted by molar-refractivity contribution is -0.120. The molecule has 1 aromatic carbocycles. The second kappa shape index (κ2) is 5.41.